The summed E-state index contributed by atoms with van der Waals surface area (Å²) < 4.78 is 0. The fraction of sp³-hybridized carbons (Fsp3) is 0.538. The van der Waals surface area contributed by atoms with Crippen molar-refractivity contribution in [3.8, 4) is 0 Å². The van der Waals surface area contributed by atoms with Crippen LogP contribution in [0.3, 0.4) is 0 Å². The van der Waals surface area contributed by atoms with Crippen molar-refractivity contribution in [2.24, 2.45) is 17.6 Å². The van der Waals surface area contributed by atoms with Crippen LogP contribution in [0.2, 0.25) is 0 Å². The number of nitrogens with two attached hydrogens (primary N) is 1. The number of carbonyl (C=O) groups excluding carboxylic acids is 1. The molecule has 1 aromatic heterocycles. The van der Waals surface area contributed by atoms with E-state index < -0.39 is 5.91 Å². The molecule has 2 aliphatic rings. The van der Waals surface area contributed by atoms with Gasteiger partial charge in [-0.05, 0) is 49.7 Å². The summed E-state index contributed by atoms with van der Waals surface area (Å²) in [7, 11) is 0. The second kappa shape index (κ2) is 4.02. The fourth-order valence-electron chi connectivity index (χ4n) is 2.38. The van der Waals surface area contributed by atoms with Crippen molar-refractivity contribution in [2.75, 3.05) is 5.32 Å². The van der Waals surface area contributed by atoms with E-state index in [1.54, 1.807) is 12.3 Å². The van der Waals surface area contributed by atoms with Gasteiger partial charge >= 0.3 is 0 Å². The van der Waals surface area contributed by atoms with Crippen molar-refractivity contribution >= 4 is 11.6 Å². The minimum atomic E-state index is -0.469. The van der Waals surface area contributed by atoms with Gasteiger partial charge in [0, 0.05) is 17.9 Å². The van der Waals surface area contributed by atoms with E-state index >= 15 is 0 Å². The van der Waals surface area contributed by atoms with Crippen molar-refractivity contribution in [3.63, 3.8) is 0 Å². The minimum Gasteiger partial charge on any atom is -0.382 e. The van der Waals surface area contributed by atoms with Crippen LogP contribution in [0.25, 0.3) is 0 Å². The van der Waals surface area contributed by atoms with Gasteiger partial charge in [0.05, 0.1) is 0 Å². The summed E-state index contributed by atoms with van der Waals surface area (Å²) in [5.74, 6) is 1.18. The lowest BCUT2D eigenvalue weighted by Crippen LogP contribution is -2.24. The van der Waals surface area contributed by atoms with Crippen molar-refractivity contribution in [3.05, 3.63) is 24.0 Å². The summed E-state index contributed by atoms with van der Waals surface area (Å²) >= 11 is 0. The first kappa shape index (κ1) is 10.6. The van der Waals surface area contributed by atoms with E-state index in [1.165, 1.54) is 25.7 Å². The van der Waals surface area contributed by atoms with Gasteiger partial charge in [0.1, 0.15) is 5.69 Å². The smallest absolute Gasteiger partial charge is 0.267 e. The summed E-state index contributed by atoms with van der Waals surface area (Å²) in [6, 6.07) is 4.24. The Hall–Kier alpha value is -1.58. The Morgan fingerprint density at radius 3 is 2.53 bits per heavy atom. The molecule has 2 saturated carbocycles. The van der Waals surface area contributed by atoms with Crippen LogP contribution in [0.5, 0.6) is 0 Å². The van der Waals surface area contributed by atoms with Gasteiger partial charge in [0.25, 0.3) is 5.91 Å². The molecule has 3 N–H and O–H groups in total. The van der Waals surface area contributed by atoms with Gasteiger partial charge < -0.3 is 11.1 Å². The summed E-state index contributed by atoms with van der Waals surface area (Å²) in [4.78, 5) is 15.0. The van der Waals surface area contributed by atoms with E-state index in [-0.39, 0.29) is 0 Å². The number of aromatic nitrogens is 1. The number of hydrogen-bond donors (Lipinski definition) is 2. The molecule has 0 spiro atoms. The van der Waals surface area contributed by atoms with E-state index in [9.17, 15) is 4.79 Å². The van der Waals surface area contributed by atoms with Crippen LogP contribution in [-0.2, 0) is 0 Å². The second-order valence-corrected chi connectivity index (χ2v) is 5.14. The van der Waals surface area contributed by atoms with E-state index in [2.05, 4.69) is 10.3 Å². The molecule has 17 heavy (non-hydrogen) atoms. The van der Waals surface area contributed by atoms with Crippen molar-refractivity contribution in [1.29, 1.82) is 0 Å². The van der Waals surface area contributed by atoms with Crippen LogP contribution in [0.15, 0.2) is 18.3 Å². The Morgan fingerprint density at radius 2 is 2.00 bits per heavy atom. The minimum absolute atomic E-state index is 0.334. The van der Waals surface area contributed by atoms with Crippen LogP contribution < -0.4 is 11.1 Å². The van der Waals surface area contributed by atoms with Gasteiger partial charge in [-0.2, -0.15) is 0 Å². The highest BCUT2D eigenvalue weighted by Crippen LogP contribution is 2.45. The number of nitrogens with zero attached hydrogens (tertiary/aromatic N) is 1. The predicted molar refractivity (Wildman–Crippen MR) is 65.6 cm³/mol. The van der Waals surface area contributed by atoms with Crippen molar-refractivity contribution in [1.82, 2.24) is 4.98 Å². The number of nitrogens with one attached hydrogen (secondary N) is 1. The lowest BCUT2D eigenvalue weighted by Gasteiger charge is -2.19. The molecule has 1 amide bonds. The Morgan fingerprint density at radius 1 is 1.35 bits per heavy atom. The summed E-state index contributed by atoms with van der Waals surface area (Å²) in [6.45, 7) is 0. The molecule has 1 heterocycles. The molecule has 0 unspecified atom stereocenters. The predicted octanol–water partition coefficient (Wildman–Crippen LogP) is 1.78. The molecule has 1 aromatic rings. The second-order valence-electron chi connectivity index (χ2n) is 5.14. The molecule has 2 fully saturated rings. The lowest BCUT2D eigenvalue weighted by molar-refractivity contribution is 0.0995. The molecule has 0 bridgehead atoms. The quantitative estimate of drug-likeness (QED) is 0.811. The first-order valence-corrected chi connectivity index (χ1v) is 6.26. The zero-order valence-corrected chi connectivity index (χ0v) is 9.73. The highest BCUT2D eigenvalue weighted by atomic mass is 16.1. The lowest BCUT2D eigenvalue weighted by atomic mass is 10.1. The largest absolute Gasteiger partial charge is 0.382 e. The molecule has 0 saturated heterocycles. The molecular formula is C13H17N3O. The molecule has 0 atom stereocenters. The molecule has 4 nitrogen and oxygen atoms in total. The topological polar surface area (TPSA) is 68.0 Å². The zero-order chi connectivity index (χ0) is 11.8. The van der Waals surface area contributed by atoms with Crippen LogP contribution in [0.4, 0.5) is 5.69 Å². The number of amides is 1. The Bertz CT molecular complexity index is 426. The third-order valence-corrected chi connectivity index (χ3v) is 3.61. The maximum absolute atomic E-state index is 11.1. The maximum Gasteiger partial charge on any atom is 0.267 e. The van der Waals surface area contributed by atoms with Gasteiger partial charge in [-0.25, -0.2) is 0 Å². The summed E-state index contributed by atoms with van der Waals surface area (Å²) in [5, 5.41) is 3.55. The van der Waals surface area contributed by atoms with Crippen LogP contribution in [0, 0.1) is 11.8 Å². The molecule has 3 rings (SSSR count). The molecule has 0 aliphatic heterocycles. The number of primary amides is 1. The maximum atomic E-state index is 11.1. The standard InChI is InChI=1S/C13H17N3O/c14-13(17)11-7-10(5-6-15-11)16-12(8-1-2-8)9-3-4-9/h5-9,12H,1-4H2,(H2,14,17)(H,15,16). The first-order chi connectivity index (χ1) is 8.24. The van der Waals surface area contributed by atoms with Crippen molar-refractivity contribution in [2.45, 2.75) is 31.7 Å². The van der Waals surface area contributed by atoms with E-state index in [0.717, 1.165) is 17.5 Å². The zero-order valence-electron chi connectivity index (χ0n) is 9.73. The number of anilines is 1. The average Bonchev–Trinajstić information content (AvgIpc) is 3.16. The van der Waals surface area contributed by atoms with Crippen LogP contribution >= 0.6 is 0 Å². The monoisotopic (exact) mass is 231 g/mol. The summed E-state index contributed by atoms with van der Waals surface area (Å²) in [6.07, 6.45) is 6.98. The first-order valence-electron chi connectivity index (χ1n) is 6.26. The molecule has 4 heteroatoms. The third kappa shape index (κ3) is 2.40. The number of hydrogen-bond acceptors (Lipinski definition) is 3. The Balaban J connectivity index is 1.74. The molecule has 0 radical (unpaired) electrons. The third-order valence-electron chi connectivity index (χ3n) is 3.61. The highest BCUT2D eigenvalue weighted by Gasteiger charge is 2.41. The van der Waals surface area contributed by atoms with Crippen LogP contribution in [-0.4, -0.2) is 16.9 Å². The number of rotatable bonds is 5. The van der Waals surface area contributed by atoms with Gasteiger partial charge in [-0.15, -0.1) is 0 Å². The SMILES string of the molecule is NC(=O)c1cc(NC(C2CC2)C2CC2)ccn1. The number of pyridine rings is 1. The van der Waals surface area contributed by atoms with E-state index in [0.29, 0.717) is 11.7 Å². The highest BCUT2D eigenvalue weighted by molar-refractivity contribution is 5.91. The van der Waals surface area contributed by atoms with Gasteiger partial charge in [-0.3, -0.25) is 9.78 Å². The van der Waals surface area contributed by atoms with Gasteiger partial charge in [0.2, 0.25) is 0 Å². The molecule has 2 aliphatic carbocycles. The Kier molecular flexibility index (Phi) is 2.50. The summed E-state index contributed by atoms with van der Waals surface area (Å²) in [5.41, 5.74) is 6.53. The average molecular weight is 231 g/mol. The molecule has 90 valence electrons. The van der Waals surface area contributed by atoms with Crippen LogP contribution in [0.1, 0.15) is 36.2 Å². The van der Waals surface area contributed by atoms with E-state index in [1.807, 2.05) is 6.07 Å². The van der Waals surface area contributed by atoms with Gasteiger partial charge in [-0.1, -0.05) is 0 Å². The molecule has 0 aromatic carbocycles. The van der Waals surface area contributed by atoms with Gasteiger partial charge in [0.15, 0.2) is 0 Å². The fourth-order valence-corrected chi connectivity index (χ4v) is 2.38. The number of carbonyl (C=O) groups is 1. The van der Waals surface area contributed by atoms with E-state index in [4.69, 9.17) is 5.73 Å². The molecular weight excluding hydrogens is 214 g/mol. The van der Waals surface area contributed by atoms with Crippen molar-refractivity contribution < 1.29 is 4.79 Å². The Labute approximate surface area is 101 Å². The normalized spacial score (nSPS) is 19.4.